The number of aromatic nitrogens is 2. The standard InChI is InChI=1S/C26H33N5O3S/c1-20(25-27-24-9-5-4-8-23(24)26(28-25)30-14-6-3-7-15-30)29-16-18-31(19-17-29)35(32,33)22-12-10-21(34-2)11-13-22/h4-5,8-13,20H,3,6-7,14-19H2,1-2H3/t20-/m1/s1. The number of hydrogen-bond acceptors (Lipinski definition) is 7. The molecule has 1 aromatic heterocycles. The van der Waals surface area contributed by atoms with Gasteiger partial charge in [0, 0.05) is 44.7 Å². The minimum atomic E-state index is -3.54. The van der Waals surface area contributed by atoms with Gasteiger partial charge < -0.3 is 9.64 Å². The van der Waals surface area contributed by atoms with E-state index >= 15 is 0 Å². The quantitative estimate of drug-likeness (QED) is 0.516. The van der Waals surface area contributed by atoms with E-state index in [1.54, 1.807) is 35.7 Å². The van der Waals surface area contributed by atoms with Gasteiger partial charge in [0.2, 0.25) is 10.0 Å². The lowest BCUT2D eigenvalue weighted by molar-refractivity contribution is 0.141. The maximum Gasteiger partial charge on any atom is 0.243 e. The van der Waals surface area contributed by atoms with Crippen LogP contribution in [0.15, 0.2) is 53.4 Å². The molecule has 2 aromatic carbocycles. The number of fused-ring (bicyclic) bond motifs is 1. The van der Waals surface area contributed by atoms with Gasteiger partial charge in [0.15, 0.2) is 0 Å². The van der Waals surface area contributed by atoms with Crippen LogP contribution in [0.4, 0.5) is 5.82 Å². The van der Waals surface area contributed by atoms with E-state index in [2.05, 4.69) is 28.9 Å². The summed E-state index contributed by atoms with van der Waals surface area (Å²) in [6.07, 6.45) is 3.65. The number of rotatable bonds is 6. The Morgan fingerprint density at radius 3 is 2.23 bits per heavy atom. The van der Waals surface area contributed by atoms with Crippen LogP contribution in [0.25, 0.3) is 10.9 Å². The molecule has 0 spiro atoms. The van der Waals surface area contributed by atoms with Crippen LogP contribution in [0.5, 0.6) is 5.75 Å². The third-order valence-electron chi connectivity index (χ3n) is 7.15. The van der Waals surface area contributed by atoms with Crippen molar-refractivity contribution in [3.05, 3.63) is 54.4 Å². The van der Waals surface area contributed by atoms with Gasteiger partial charge in [0.25, 0.3) is 0 Å². The maximum absolute atomic E-state index is 13.1. The first-order chi connectivity index (χ1) is 17.0. The van der Waals surface area contributed by atoms with Crippen LogP contribution in [0.2, 0.25) is 0 Å². The Labute approximate surface area is 207 Å². The highest BCUT2D eigenvalue weighted by atomic mass is 32.2. The molecule has 2 fully saturated rings. The number of piperazine rings is 1. The summed E-state index contributed by atoms with van der Waals surface area (Å²) in [6.45, 7) is 6.30. The summed E-state index contributed by atoms with van der Waals surface area (Å²) in [5, 5.41) is 1.10. The second kappa shape index (κ2) is 10.1. The summed E-state index contributed by atoms with van der Waals surface area (Å²) in [6, 6.07) is 14.8. The summed E-state index contributed by atoms with van der Waals surface area (Å²) in [5.74, 6) is 2.47. The van der Waals surface area contributed by atoms with Gasteiger partial charge in [0.05, 0.1) is 23.6 Å². The molecule has 0 aliphatic carbocycles. The third-order valence-corrected chi connectivity index (χ3v) is 9.06. The molecule has 0 saturated carbocycles. The molecule has 3 aromatic rings. The lowest BCUT2D eigenvalue weighted by Gasteiger charge is -2.37. The van der Waals surface area contributed by atoms with Gasteiger partial charge in [-0.3, -0.25) is 4.90 Å². The van der Waals surface area contributed by atoms with Crippen molar-refractivity contribution in [1.29, 1.82) is 0 Å². The van der Waals surface area contributed by atoms with Crippen LogP contribution in [0.1, 0.15) is 38.1 Å². The van der Waals surface area contributed by atoms with Gasteiger partial charge in [-0.2, -0.15) is 4.31 Å². The van der Waals surface area contributed by atoms with Crippen LogP contribution in [0.3, 0.4) is 0 Å². The predicted molar refractivity (Wildman–Crippen MR) is 137 cm³/mol. The number of sulfonamides is 1. The smallest absolute Gasteiger partial charge is 0.243 e. The van der Waals surface area contributed by atoms with Crippen molar-refractivity contribution in [2.75, 3.05) is 51.3 Å². The zero-order valence-corrected chi connectivity index (χ0v) is 21.2. The van der Waals surface area contributed by atoms with Gasteiger partial charge in [-0.25, -0.2) is 18.4 Å². The monoisotopic (exact) mass is 495 g/mol. The summed E-state index contributed by atoms with van der Waals surface area (Å²) in [4.78, 5) is 14.9. The van der Waals surface area contributed by atoms with Gasteiger partial charge in [-0.1, -0.05) is 12.1 Å². The zero-order valence-electron chi connectivity index (χ0n) is 20.4. The lowest BCUT2D eigenvalue weighted by Crippen LogP contribution is -2.49. The normalized spacial score (nSPS) is 19.1. The Kier molecular flexibility index (Phi) is 6.91. The summed E-state index contributed by atoms with van der Waals surface area (Å²) < 4.78 is 33.0. The van der Waals surface area contributed by atoms with E-state index < -0.39 is 10.0 Å². The molecule has 5 rings (SSSR count). The number of anilines is 1. The van der Waals surface area contributed by atoms with Crippen molar-refractivity contribution < 1.29 is 13.2 Å². The van der Waals surface area contributed by atoms with Crippen molar-refractivity contribution in [1.82, 2.24) is 19.2 Å². The van der Waals surface area contributed by atoms with Gasteiger partial charge >= 0.3 is 0 Å². The Morgan fingerprint density at radius 1 is 0.857 bits per heavy atom. The molecular formula is C26H33N5O3S. The predicted octanol–water partition coefficient (Wildman–Crippen LogP) is 3.70. The van der Waals surface area contributed by atoms with Gasteiger partial charge in [0.1, 0.15) is 17.4 Å². The second-order valence-electron chi connectivity index (χ2n) is 9.26. The largest absolute Gasteiger partial charge is 0.497 e. The number of hydrogen-bond donors (Lipinski definition) is 0. The summed E-state index contributed by atoms with van der Waals surface area (Å²) in [5.41, 5.74) is 0.964. The van der Waals surface area contributed by atoms with Crippen LogP contribution >= 0.6 is 0 Å². The number of benzene rings is 2. The van der Waals surface area contributed by atoms with E-state index in [1.807, 2.05) is 12.1 Å². The molecule has 0 bridgehead atoms. The van der Waals surface area contributed by atoms with Gasteiger partial charge in [-0.05, 0) is 62.6 Å². The highest BCUT2D eigenvalue weighted by molar-refractivity contribution is 7.89. The van der Waals surface area contributed by atoms with E-state index in [4.69, 9.17) is 14.7 Å². The van der Waals surface area contributed by atoms with Crippen LogP contribution in [0, 0.1) is 0 Å². The topological polar surface area (TPSA) is 78.9 Å². The highest BCUT2D eigenvalue weighted by Gasteiger charge is 2.31. The van der Waals surface area contributed by atoms with Crippen molar-refractivity contribution >= 4 is 26.7 Å². The molecule has 0 unspecified atom stereocenters. The number of piperidine rings is 1. The maximum atomic E-state index is 13.1. The molecule has 186 valence electrons. The van der Waals surface area contributed by atoms with E-state index in [0.717, 1.165) is 35.6 Å². The molecule has 0 N–H and O–H groups in total. The summed E-state index contributed by atoms with van der Waals surface area (Å²) >= 11 is 0. The Balaban J connectivity index is 1.33. The molecule has 3 heterocycles. The second-order valence-corrected chi connectivity index (χ2v) is 11.2. The molecule has 8 nitrogen and oxygen atoms in total. The van der Waals surface area contributed by atoms with Crippen molar-refractivity contribution in [3.8, 4) is 5.75 Å². The number of methoxy groups -OCH3 is 1. The number of nitrogens with zero attached hydrogens (tertiary/aromatic N) is 5. The number of ether oxygens (including phenoxy) is 1. The summed E-state index contributed by atoms with van der Waals surface area (Å²) in [7, 11) is -1.97. The van der Waals surface area contributed by atoms with Crippen molar-refractivity contribution in [2.24, 2.45) is 0 Å². The molecule has 9 heteroatoms. The molecule has 2 aliphatic heterocycles. The van der Waals surface area contributed by atoms with Crippen molar-refractivity contribution in [3.63, 3.8) is 0 Å². The van der Waals surface area contributed by atoms with Crippen LogP contribution < -0.4 is 9.64 Å². The highest BCUT2D eigenvalue weighted by Crippen LogP contribution is 2.30. The minimum Gasteiger partial charge on any atom is -0.497 e. The zero-order chi connectivity index (χ0) is 24.4. The van der Waals surface area contributed by atoms with E-state index in [9.17, 15) is 8.42 Å². The first-order valence-corrected chi connectivity index (χ1v) is 13.8. The SMILES string of the molecule is COc1ccc(S(=O)(=O)N2CCN([C@H](C)c3nc(N4CCCCC4)c4ccccc4n3)CC2)cc1. The third kappa shape index (κ3) is 4.85. The van der Waals surface area contributed by atoms with Crippen LogP contribution in [-0.4, -0.2) is 74.0 Å². The van der Waals surface area contributed by atoms with Crippen molar-refractivity contribution in [2.45, 2.75) is 37.1 Å². The Hall–Kier alpha value is -2.75. The van der Waals surface area contributed by atoms with E-state index in [1.165, 1.54) is 19.3 Å². The first kappa shape index (κ1) is 24.0. The molecule has 35 heavy (non-hydrogen) atoms. The molecule has 1 atom stereocenters. The average molecular weight is 496 g/mol. The Morgan fingerprint density at radius 2 is 1.54 bits per heavy atom. The average Bonchev–Trinajstić information content (AvgIpc) is 2.92. The molecule has 0 radical (unpaired) electrons. The molecule has 2 aliphatic rings. The van der Waals surface area contributed by atoms with E-state index in [-0.39, 0.29) is 6.04 Å². The lowest BCUT2D eigenvalue weighted by atomic mass is 10.1. The fourth-order valence-corrected chi connectivity index (χ4v) is 6.42. The van der Waals surface area contributed by atoms with Gasteiger partial charge in [-0.15, -0.1) is 0 Å². The molecule has 2 saturated heterocycles. The van der Waals surface area contributed by atoms with E-state index in [0.29, 0.717) is 36.8 Å². The molecular weight excluding hydrogens is 462 g/mol. The Bertz CT molecular complexity index is 1270. The number of para-hydroxylation sites is 1. The first-order valence-electron chi connectivity index (χ1n) is 12.4. The minimum absolute atomic E-state index is 0.00557. The molecule has 0 amide bonds. The fraction of sp³-hybridized carbons (Fsp3) is 0.462. The fourth-order valence-electron chi connectivity index (χ4n) is 5.00. The van der Waals surface area contributed by atoms with Crippen LogP contribution in [-0.2, 0) is 10.0 Å².